The second-order valence-corrected chi connectivity index (χ2v) is 4.09. The molecule has 0 aromatic carbocycles. The number of rotatable bonds is 2. The maximum atomic E-state index is 6.07. The van der Waals surface area contributed by atoms with Crippen molar-refractivity contribution in [1.82, 2.24) is 9.97 Å². The molecule has 2 heterocycles. The lowest BCUT2D eigenvalue weighted by atomic mass is 10.2. The molecule has 5 heteroatoms. The smallest absolute Gasteiger partial charge is 0.161 e. The standard InChI is InChI=1S/C11H15ClN2O2/c1-3-8-7(2)10(12)14-11(13-8)9-6-15-4-5-16-9/h9H,3-6H2,1-2H3. The first-order chi connectivity index (χ1) is 7.72. The summed E-state index contributed by atoms with van der Waals surface area (Å²) in [6.45, 7) is 5.71. The van der Waals surface area contributed by atoms with Crippen molar-refractivity contribution in [3.05, 3.63) is 22.2 Å². The van der Waals surface area contributed by atoms with Crippen LogP contribution in [-0.4, -0.2) is 29.8 Å². The van der Waals surface area contributed by atoms with Crippen molar-refractivity contribution < 1.29 is 9.47 Å². The van der Waals surface area contributed by atoms with Crippen molar-refractivity contribution >= 4 is 11.6 Å². The summed E-state index contributed by atoms with van der Waals surface area (Å²) in [5.41, 5.74) is 1.92. The van der Waals surface area contributed by atoms with Crippen LogP contribution in [0.3, 0.4) is 0 Å². The zero-order valence-electron chi connectivity index (χ0n) is 9.49. The third-order valence-corrected chi connectivity index (χ3v) is 3.01. The molecule has 0 saturated carbocycles. The molecule has 1 fully saturated rings. The van der Waals surface area contributed by atoms with Gasteiger partial charge in [0.25, 0.3) is 0 Å². The molecule has 88 valence electrons. The molecule has 1 aliphatic rings. The van der Waals surface area contributed by atoms with E-state index in [1.807, 2.05) is 13.8 Å². The van der Waals surface area contributed by atoms with E-state index in [4.69, 9.17) is 21.1 Å². The van der Waals surface area contributed by atoms with E-state index >= 15 is 0 Å². The summed E-state index contributed by atoms with van der Waals surface area (Å²) in [6, 6.07) is 0. The molecule has 0 N–H and O–H groups in total. The van der Waals surface area contributed by atoms with Gasteiger partial charge in [-0.3, -0.25) is 0 Å². The molecule has 16 heavy (non-hydrogen) atoms. The van der Waals surface area contributed by atoms with E-state index in [9.17, 15) is 0 Å². The highest BCUT2D eigenvalue weighted by molar-refractivity contribution is 6.30. The third kappa shape index (κ3) is 2.34. The van der Waals surface area contributed by atoms with Crippen molar-refractivity contribution in [3.8, 4) is 0 Å². The van der Waals surface area contributed by atoms with Gasteiger partial charge in [0.05, 0.1) is 19.8 Å². The lowest BCUT2D eigenvalue weighted by Crippen LogP contribution is -2.24. The van der Waals surface area contributed by atoms with E-state index in [1.54, 1.807) is 0 Å². The fraction of sp³-hybridized carbons (Fsp3) is 0.636. The van der Waals surface area contributed by atoms with Crippen LogP contribution in [-0.2, 0) is 15.9 Å². The van der Waals surface area contributed by atoms with Crippen LogP contribution in [0.25, 0.3) is 0 Å². The molecular formula is C11H15ClN2O2. The van der Waals surface area contributed by atoms with Crippen LogP contribution in [0.2, 0.25) is 5.15 Å². The van der Waals surface area contributed by atoms with E-state index in [0.29, 0.717) is 30.8 Å². The summed E-state index contributed by atoms with van der Waals surface area (Å²) in [7, 11) is 0. The first-order valence-corrected chi connectivity index (χ1v) is 5.82. The van der Waals surface area contributed by atoms with E-state index in [0.717, 1.165) is 17.7 Å². The van der Waals surface area contributed by atoms with Gasteiger partial charge in [-0.2, -0.15) is 0 Å². The molecule has 2 rings (SSSR count). The van der Waals surface area contributed by atoms with E-state index in [-0.39, 0.29) is 6.10 Å². The molecule has 4 nitrogen and oxygen atoms in total. The maximum absolute atomic E-state index is 6.07. The van der Waals surface area contributed by atoms with Gasteiger partial charge >= 0.3 is 0 Å². The summed E-state index contributed by atoms with van der Waals surface area (Å²) < 4.78 is 10.9. The Morgan fingerprint density at radius 1 is 1.38 bits per heavy atom. The van der Waals surface area contributed by atoms with Crippen molar-refractivity contribution in [2.24, 2.45) is 0 Å². The number of nitrogens with zero attached hydrogens (tertiary/aromatic N) is 2. The molecule has 0 bridgehead atoms. The number of halogens is 1. The SMILES string of the molecule is CCc1nc(C2COCCO2)nc(Cl)c1C. The second kappa shape index (κ2) is 5.08. The quantitative estimate of drug-likeness (QED) is 0.745. The number of aryl methyl sites for hydroxylation is 1. The van der Waals surface area contributed by atoms with Gasteiger partial charge in [0.2, 0.25) is 0 Å². The summed E-state index contributed by atoms with van der Waals surface area (Å²) in [5.74, 6) is 0.632. The van der Waals surface area contributed by atoms with Crippen LogP contribution in [0, 0.1) is 6.92 Å². The van der Waals surface area contributed by atoms with E-state index in [1.165, 1.54) is 0 Å². The van der Waals surface area contributed by atoms with Crippen LogP contribution < -0.4 is 0 Å². The highest BCUT2D eigenvalue weighted by atomic mass is 35.5. The average molecular weight is 243 g/mol. The van der Waals surface area contributed by atoms with E-state index in [2.05, 4.69) is 9.97 Å². The zero-order valence-corrected chi connectivity index (χ0v) is 10.3. The molecular weight excluding hydrogens is 228 g/mol. The average Bonchev–Trinajstić information content (AvgIpc) is 2.33. The lowest BCUT2D eigenvalue weighted by Gasteiger charge is -2.22. The molecule has 1 aliphatic heterocycles. The summed E-state index contributed by atoms with van der Waals surface area (Å²) in [4.78, 5) is 8.73. The maximum Gasteiger partial charge on any atom is 0.161 e. The third-order valence-electron chi connectivity index (χ3n) is 2.64. The number of hydrogen-bond donors (Lipinski definition) is 0. The minimum atomic E-state index is -0.183. The van der Waals surface area contributed by atoms with Crippen molar-refractivity contribution in [2.45, 2.75) is 26.4 Å². The molecule has 0 spiro atoms. The second-order valence-electron chi connectivity index (χ2n) is 3.73. The normalized spacial score (nSPS) is 21.1. The molecule has 1 saturated heterocycles. The Balaban J connectivity index is 2.29. The Labute approximate surface area is 99.9 Å². The summed E-state index contributed by atoms with van der Waals surface area (Å²) in [5, 5.41) is 0.510. The Bertz CT molecular complexity index is 378. The summed E-state index contributed by atoms with van der Waals surface area (Å²) in [6.07, 6.45) is 0.659. The van der Waals surface area contributed by atoms with Gasteiger partial charge < -0.3 is 9.47 Å². The Morgan fingerprint density at radius 2 is 2.19 bits per heavy atom. The fourth-order valence-electron chi connectivity index (χ4n) is 1.68. The fourth-order valence-corrected chi connectivity index (χ4v) is 1.87. The molecule has 0 radical (unpaired) electrons. The van der Waals surface area contributed by atoms with Crippen LogP contribution in [0.4, 0.5) is 0 Å². The molecule has 1 aromatic rings. The molecule has 1 unspecified atom stereocenters. The van der Waals surface area contributed by atoms with Gasteiger partial charge in [-0.05, 0) is 13.3 Å². The van der Waals surface area contributed by atoms with Gasteiger partial charge in [0.15, 0.2) is 5.82 Å². The lowest BCUT2D eigenvalue weighted by molar-refractivity contribution is -0.0936. The van der Waals surface area contributed by atoms with Crippen LogP contribution >= 0.6 is 11.6 Å². The molecule has 0 aliphatic carbocycles. The van der Waals surface area contributed by atoms with Crippen LogP contribution in [0.1, 0.15) is 30.1 Å². The van der Waals surface area contributed by atoms with Gasteiger partial charge in [-0.1, -0.05) is 18.5 Å². The highest BCUT2D eigenvalue weighted by Crippen LogP contribution is 2.22. The Morgan fingerprint density at radius 3 is 2.81 bits per heavy atom. The Kier molecular flexibility index (Phi) is 3.74. The van der Waals surface area contributed by atoms with Crippen molar-refractivity contribution in [3.63, 3.8) is 0 Å². The highest BCUT2D eigenvalue weighted by Gasteiger charge is 2.21. The van der Waals surface area contributed by atoms with Crippen molar-refractivity contribution in [1.29, 1.82) is 0 Å². The van der Waals surface area contributed by atoms with Crippen molar-refractivity contribution in [2.75, 3.05) is 19.8 Å². The van der Waals surface area contributed by atoms with E-state index < -0.39 is 0 Å². The Hall–Kier alpha value is -0.710. The summed E-state index contributed by atoms with van der Waals surface area (Å²) >= 11 is 6.07. The number of ether oxygens (including phenoxy) is 2. The monoisotopic (exact) mass is 242 g/mol. The predicted octanol–water partition coefficient (Wildman–Crippen LogP) is 2.09. The predicted molar refractivity (Wildman–Crippen MR) is 60.7 cm³/mol. The topological polar surface area (TPSA) is 44.2 Å². The zero-order chi connectivity index (χ0) is 11.5. The van der Waals surface area contributed by atoms with Gasteiger partial charge in [0, 0.05) is 11.3 Å². The first kappa shape index (κ1) is 11.8. The molecule has 0 amide bonds. The number of aromatic nitrogens is 2. The van der Waals surface area contributed by atoms with Gasteiger partial charge in [-0.15, -0.1) is 0 Å². The number of hydrogen-bond acceptors (Lipinski definition) is 4. The van der Waals surface area contributed by atoms with Crippen LogP contribution in [0.15, 0.2) is 0 Å². The van der Waals surface area contributed by atoms with Crippen LogP contribution in [0.5, 0.6) is 0 Å². The largest absolute Gasteiger partial charge is 0.376 e. The van der Waals surface area contributed by atoms with Gasteiger partial charge in [0.1, 0.15) is 11.3 Å². The van der Waals surface area contributed by atoms with Gasteiger partial charge in [-0.25, -0.2) is 9.97 Å². The minimum Gasteiger partial charge on any atom is -0.376 e. The molecule has 1 aromatic heterocycles. The minimum absolute atomic E-state index is 0.183. The first-order valence-electron chi connectivity index (χ1n) is 5.44. The molecule has 1 atom stereocenters.